The summed E-state index contributed by atoms with van der Waals surface area (Å²) >= 11 is 6.02. The number of carbonyl (C=O) groups is 1. The number of para-hydroxylation sites is 1. The zero-order chi connectivity index (χ0) is 17.4. The van der Waals surface area contributed by atoms with Crippen LogP contribution >= 0.6 is 11.6 Å². The number of aromatic nitrogens is 1. The minimum Gasteiger partial charge on any atom is -0.358 e. The number of carbonyl (C=O) groups excluding carboxylic acids is 1. The molecule has 3 nitrogen and oxygen atoms in total. The van der Waals surface area contributed by atoms with Crippen LogP contribution in [0.1, 0.15) is 29.7 Å². The zero-order valence-corrected chi connectivity index (χ0v) is 15.0. The molecule has 0 saturated heterocycles. The van der Waals surface area contributed by atoms with Gasteiger partial charge in [-0.1, -0.05) is 41.9 Å². The zero-order valence-electron chi connectivity index (χ0n) is 14.2. The number of hydrogen-bond donors (Lipinski definition) is 2. The van der Waals surface area contributed by atoms with E-state index in [1.807, 2.05) is 36.4 Å². The van der Waals surface area contributed by atoms with Gasteiger partial charge >= 0.3 is 0 Å². The van der Waals surface area contributed by atoms with Gasteiger partial charge in [-0.05, 0) is 55.5 Å². The van der Waals surface area contributed by atoms with Gasteiger partial charge in [-0.2, -0.15) is 0 Å². The van der Waals surface area contributed by atoms with Crippen molar-refractivity contribution in [1.29, 1.82) is 0 Å². The largest absolute Gasteiger partial charge is 0.358 e. The van der Waals surface area contributed by atoms with E-state index in [1.54, 1.807) is 0 Å². The number of aromatic amines is 1. The summed E-state index contributed by atoms with van der Waals surface area (Å²) in [6.45, 7) is 2.69. The van der Waals surface area contributed by atoms with E-state index in [1.165, 1.54) is 10.9 Å². The maximum absolute atomic E-state index is 12.9. The van der Waals surface area contributed by atoms with Gasteiger partial charge in [0.25, 0.3) is 0 Å². The van der Waals surface area contributed by atoms with Crippen LogP contribution in [0.25, 0.3) is 10.9 Å². The molecule has 1 amide bonds. The summed E-state index contributed by atoms with van der Waals surface area (Å²) in [5.74, 6) is 0.141. The number of halogens is 1. The smallest absolute Gasteiger partial charge is 0.230 e. The normalized spacial score (nSPS) is 15.3. The summed E-state index contributed by atoms with van der Waals surface area (Å²) in [6.07, 6.45) is 2.62. The SMILES string of the molecule is Cc1[nH]c2ccccc2c1C1(C(=O)NCCc2cccc(Cl)c2)CC1. The molecule has 0 unspecified atom stereocenters. The van der Waals surface area contributed by atoms with E-state index in [9.17, 15) is 4.79 Å². The molecule has 4 heteroatoms. The number of amides is 1. The highest BCUT2D eigenvalue weighted by Gasteiger charge is 2.53. The second kappa shape index (κ2) is 6.23. The summed E-state index contributed by atoms with van der Waals surface area (Å²) < 4.78 is 0. The molecule has 0 radical (unpaired) electrons. The number of rotatable bonds is 5. The average molecular weight is 353 g/mol. The fourth-order valence-electron chi connectivity index (χ4n) is 3.79. The first-order valence-corrected chi connectivity index (χ1v) is 9.08. The van der Waals surface area contributed by atoms with Crippen molar-refractivity contribution < 1.29 is 4.79 Å². The van der Waals surface area contributed by atoms with E-state index < -0.39 is 0 Å². The molecule has 0 atom stereocenters. The first-order valence-electron chi connectivity index (χ1n) is 8.71. The van der Waals surface area contributed by atoms with Crippen LogP contribution in [0.5, 0.6) is 0 Å². The van der Waals surface area contributed by atoms with E-state index in [-0.39, 0.29) is 11.3 Å². The summed E-state index contributed by atoms with van der Waals surface area (Å²) in [5.41, 5.74) is 4.15. The Morgan fingerprint density at radius 2 is 2.00 bits per heavy atom. The highest BCUT2D eigenvalue weighted by atomic mass is 35.5. The van der Waals surface area contributed by atoms with Crippen LogP contribution in [0.2, 0.25) is 5.02 Å². The molecule has 1 aliphatic carbocycles. The first-order chi connectivity index (χ1) is 12.1. The lowest BCUT2D eigenvalue weighted by Gasteiger charge is -2.16. The first kappa shape index (κ1) is 16.2. The highest BCUT2D eigenvalue weighted by Crippen LogP contribution is 2.51. The Kier molecular flexibility index (Phi) is 4.04. The monoisotopic (exact) mass is 352 g/mol. The van der Waals surface area contributed by atoms with E-state index in [4.69, 9.17) is 11.6 Å². The molecule has 0 aliphatic heterocycles. The molecular weight excluding hydrogens is 332 g/mol. The molecule has 1 saturated carbocycles. The van der Waals surface area contributed by atoms with E-state index in [2.05, 4.69) is 29.4 Å². The Morgan fingerprint density at radius 1 is 1.20 bits per heavy atom. The van der Waals surface area contributed by atoms with Crippen LogP contribution in [0.4, 0.5) is 0 Å². The summed E-state index contributed by atoms with van der Waals surface area (Å²) in [5, 5.41) is 5.04. The summed E-state index contributed by atoms with van der Waals surface area (Å²) in [6, 6.07) is 16.0. The van der Waals surface area contributed by atoms with Gasteiger partial charge in [-0.25, -0.2) is 0 Å². The van der Waals surface area contributed by atoms with Gasteiger partial charge in [0.05, 0.1) is 5.41 Å². The molecular formula is C21H21ClN2O. The molecule has 2 N–H and O–H groups in total. The average Bonchev–Trinajstić information content (AvgIpc) is 3.31. The Morgan fingerprint density at radius 3 is 2.76 bits per heavy atom. The van der Waals surface area contributed by atoms with Crippen LogP contribution < -0.4 is 5.32 Å². The van der Waals surface area contributed by atoms with Gasteiger partial charge in [-0.15, -0.1) is 0 Å². The Balaban J connectivity index is 1.50. The quantitative estimate of drug-likeness (QED) is 0.696. The maximum Gasteiger partial charge on any atom is 0.230 e. The summed E-state index contributed by atoms with van der Waals surface area (Å²) in [4.78, 5) is 16.3. The maximum atomic E-state index is 12.9. The molecule has 2 aromatic carbocycles. The van der Waals surface area contributed by atoms with Crippen LogP contribution in [0.15, 0.2) is 48.5 Å². The number of H-pyrrole nitrogens is 1. The van der Waals surface area contributed by atoms with Crippen molar-refractivity contribution >= 4 is 28.4 Å². The number of hydrogen-bond acceptors (Lipinski definition) is 1. The minimum atomic E-state index is -0.363. The summed E-state index contributed by atoms with van der Waals surface area (Å²) in [7, 11) is 0. The number of aryl methyl sites for hydroxylation is 1. The number of benzene rings is 2. The minimum absolute atomic E-state index is 0.141. The lowest BCUT2D eigenvalue weighted by Crippen LogP contribution is -2.36. The molecule has 0 spiro atoms. The van der Waals surface area contributed by atoms with Gasteiger partial charge in [-0.3, -0.25) is 4.79 Å². The van der Waals surface area contributed by atoms with Crippen molar-refractivity contribution in [3.8, 4) is 0 Å². The van der Waals surface area contributed by atoms with Crippen molar-refractivity contribution in [1.82, 2.24) is 10.3 Å². The van der Waals surface area contributed by atoms with Crippen molar-refractivity contribution in [2.24, 2.45) is 0 Å². The van der Waals surface area contributed by atoms with E-state index in [0.717, 1.165) is 41.1 Å². The van der Waals surface area contributed by atoms with Crippen LogP contribution in [-0.2, 0) is 16.6 Å². The Hall–Kier alpha value is -2.26. The molecule has 128 valence electrons. The number of nitrogens with one attached hydrogen (secondary N) is 2. The Bertz CT molecular complexity index is 940. The predicted octanol–water partition coefficient (Wildman–Crippen LogP) is 4.52. The van der Waals surface area contributed by atoms with E-state index >= 15 is 0 Å². The topological polar surface area (TPSA) is 44.9 Å². The molecule has 4 rings (SSSR count). The standard InChI is InChI=1S/C21H21ClN2O/c1-14-19(17-7-2-3-8-18(17)24-14)21(10-11-21)20(25)23-12-9-15-5-4-6-16(22)13-15/h2-8,13,24H,9-12H2,1H3,(H,23,25). The lowest BCUT2D eigenvalue weighted by atomic mass is 9.92. The van der Waals surface area contributed by atoms with Crippen LogP contribution in [0, 0.1) is 6.92 Å². The van der Waals surface area contributed by atoms with Crippen LogP contribution in [0.3, 0.4) is 0 Å². The van der Waals surface area contributed by atoms with Gasteiger partial charge in [0.15, 0.2) is 0 Å². The molecule has 0 bridgehead atoms. The molecule has 1 aliphatic rings. The van der Waals surface area contributed by atoms with Gasteiger partial charge in [0.2, 0.25) is 5.91 Å². The third-order valence-corrected chi connectivity index (χ3v) is 5.38. The highest BCUT2D eigenvalue weighted by molar-refractivity contribution is 6.30. The third-order valence-electron chi connectivity index (χ3n) is 5.15. The second-order valence-corrected chi connectivity index (χ2v) is 7.32. The van der Waals surface area contributed by atoms with Crippen molar-refractivity contribution in [3.05, 3.63) is 70.4 Å². The molecule has 1 aromatic heterocycles. The number of fused-ring (bicyclic) bond motifs is 1. The second-order valence-electron chi connectivity index (χ2n) is 6.89. The van der Waals surface area contributed by atoms with Gasteiger partial charge in [0.1, 0.15) is 0 Å². The molecule has 1 fully saturated rings. The molecule has 1 heterocycles. The Labute approximate surface area is 152 Å². The molecule has 3 aromatic rings. The third kappa shape index (κ3) is 2.93. The fraction of sp³-hybridized carbons (Fsp3) is 0.286. The van der Waals surface area contributed by atoms with Crippen molar-refractivity contribution in [2.45, 2.75) is 31.6 Å². The molecule has 25 heavy (non-hydrogen) atoms. The van der Waals surface area contributed by atoms with Gasteiger partial charge in [0, 0.05) is 28.2 Å². The van der Waals surface area contributed by atoms with Crippen molar-refractivity contribution in [2.75, 3.05) is 6.54 Å². The predicted molar refractivity (Wildman–Crippen MR) is 102 cm³/mol. The van der Waals surface area contributed by atoms with Crippen molar-refractivity contribution in [3.63, 3.8) is 0 Å². The fourth-order valence-corrected chi connectivity index (χ4v) is 4.00. The lowest BCUT2D eigenvalue weighted by molar-refractivity contribution is -0.123. The van der Waals surface area contributed by atoms with E-state index in [0.29, 0.717) is 6.54 Å². The van der Waals surface area contributed by atoms with Gasteiger partial charge < -0.3 is 10.3 Å². The van der Waals surface area contributed by atoms with Crippen LogP contribution in [-0.4, -0.2) is 17.4 Å².